The van der Waals surface area contributed by atoms with Crippen LogP contribution in [-0.2, 0) is 10.0 Å². The summed E-state index contributed by atoms with van der Waals surface area (Å²) in [5.41, 5.74) is 2.37. The molecule has 0 aliphatic rings. The van der Waals surface area contributed by atoms with Crippen molar-refractivity contribution in [2.45, 2.75) is 11.8 Å². The minimum Gasteiger partial charge on any atom is -0.497 e. The van der Waals surface area contributed by atoms with Crippen LogP contribution < -0.4 is 20.1 Å². The number of hydrogen-bond acceptors (Lipinski definition) is 4. The molecule has 3 aromatic rings. The fourth-order valence-electron chi connectivity index (χ4n) is 2.60. The highest BCUT2D eigenvalue weighted by molar-refractivity contribution is 7.92. The summed E-state index contributed by atoms with van der Waals surface area (Å²) in [7, 11) is -2.19. The molecular formula is C21H21N3O4S. The van der Waals surface area contributed by atoms with E-state index in [1.54, 1.807) is 43.5 Å². The van der Waals surface area contributed by atoms with Crippen molar-refractivity contribution in [1.29, 1.82) is 0 Å². The lowest BCUT2D eigenvalue weighted by Gasteiger charge is -2.12. The molecule has 0 bridgehead atoms. The third-order valence-corrected chi connectivity index (χ3v) is 5.52. The molecule has 0 fully saturated rings. The van der Waals surface area contributed by atoms with Gasteiger partial charge in [-0.25, -0.2) is 13.2 Å². The van der Waals surface area contributed by atoms with Crippen LogP contribution in [0, 0.1) is 6.92 Å². The highest BCUT2D eigenvalue weighted by Gasteiger charge is 2.15. The summed E-state index contributed by atoms with van der Waals surface area (Å²) in [6.07, 6.45) is 0. The van der Waals surface area contributed by atoms with E-state index in [0.717, 1.165) is 5.56 Å². The Morgan fingerprint density at radius 3 is 2.24 bits per heavy atom. The second kappa shape index (κ2) is 8.66. The predicted molar refractivity (Wildman–Crippen MR) is 114 cm³/mol. The standard InChI is InChI=1S/C21H21N3O4S/c1-15-6-3-4-9-20(15)24-29(26,27)19-12-10-16(11-13-19)22-21(25)23-17-7-5-8-18(14-17)28-2/h3-14,24H,1-2H3,(H2,22,23,25). The maximum absolute atomic E-state index is 12.6. The first kappa shape index (κ1) is 20.2. The predicted octanol–water partition coefficient (Wildman–Crippen LogP) is 4.45. The molecule has 0 aliphatic heterocycles. The number of amides is 2. The van der Waals surface area contributed by atoms with Crippen LogP contribution in [0.25, 0.3) is 0 Å². The van der Waals surface area contributed by atoms with Crippen LogP contribution in [0.5, 0.6) is 5.75 Å². The van der Waals surface area contributed by atoms with Crippen LogP contribution in [0.1, 0.15) is 5.56 Å². The Bertz CT molecular complexity index is 1110. The fourth-order valence-corrected chi connectivity index (χ4v) is 3.73. The van der Waals surface area contributed by atoms with E-state index in [-0.39, 0.29) is 4.90 Å². The number of anilines is 3. The molecule has 0 radical (unpaired) electrons. The summed E-state index contributed by atoms with van der Waals surface area (Å²) in [6, 6.07) is 19.5. The lowest BCUT2D eigenvalue weighted by Crippen LogP contribution is -2.19. The zero-order chi connectivity index (χ0) is 20.9. The van der Waals surface area contributed by atoms with Gasteiger partial charge in [0.25, 0.3) is 10.0 Å². The van der Waals surface area contributed by atoms with Crippen LogP contribution in [0.3, 0.4) is 0 Å². The second-order valence-corrected chi connectivity index (χ2v) is 7.94. The maximum atomic E-state index is 12.6. The SMILES string of the molecule is COc1cccc(NC(=O)Nc2ccc(S(=O)(=O)Nc3ccccc3C)cc2)c1. The lowest BCUT2D eigenvalue weighted by atomic mass is 10.2. The average Bonchev–Trinajstić information content (AvgIpc) is 2.70. The first-order valence-corrected chi connectivity index (χ1v) is 10.3. The maximum Gasteiger partial charge on any atom is 0.323 e. The molecule has 3 aromatic carbocycles. The Morgan fingerprint density at radius 1 is 0.862 bits per heavy atom. The van der Waals surface area contributed by atoms with Gasteiger partial charge in [-0.05, 0) is 55.0 Å². The first-order chi connectivity index (χ1) is 13.9. The molecule has 2 amide bonds. The Morgan fingerprint density at radius 2 is 1.55 bits per heavy atom. The molecule has 150 valence electrons. The van der Waals surface area contributed by atoms with Crippen LogP contribution in [-0.4, -0.2) is 21.6 Å². The smallest absolute Gasteiger partial charge is 0.323 e. The molecular weight excluding hydrogens is 390 g/mol. The molecule has 3 N–H and O–H groups in total. The van der Waals surface area contributed by atoms with Crippen molar-refractivity contribution in [3.63, 3.8) is 0 Å². The molecule has 0 unspecified atom stereocenters. The van der Waals surface area contributed by atoms with Crippen molar-refractivity contribution in [2.75, 3.05) is 22.5 Å². The average molecular weight is 411 g/mol. The number of benzene rings is 3. The van der Waals surface area contributed by atoms with Crippen molar-refractivity contribution in [3.05, 3.63) is 78.4 Å². The molecule has 0 saturated carbocycles. The fraction of sp³-hybridized carbons (Fsp3) is 0.0952. The Balaban J connectivity index is 1.66. The van der Waals surface area contributed by atoms with E-state index in [1.165, 1.54) is 24.3 Å². The summed E-state index contributed by atoms with van der Waals surface area (Å²) >= 11 is 0. The summed E-state index contributed by atoms with van der Waals surface area (Å²) in [5.74, 6) is 0.624. The number of carbonyl (C=O) groups excluding carboxylic acids is 1. The molecule has 0 atom stereocenters. The largest absolute Gasteiger partial charge is 0.497 e. The van der Waals surface area contributed by atoms with Crippen LogP contribution in [0.2, 0.25) is 0 Å². The molecule has 0 saturated heterocycles. The number of urea groups is 1. The summed E-state index contributed by atoms with van der Waals surface area (Å²) in [6.45, 7) is 1.83. The molecule has 8 heteroatoms. The number of aryl methyl sites for hydroxylation is 1. The van der Waals surface area contributed by atoms with Gasteiger partial charge in [0, 0.05) is 17.4 Å². The Hall–Kier alpha value is -3.52. The number of ether oxygens (including phenoxy) is 1. The van der Waals surface area contributed by atoms with E-state index in [1.807, 2.05) is 19.1 Å². The lowest BCUT2D eigenvalue weighted by molar-refractivity contribution is 0.262. The van der Waals surface area contributed by atoms with E-state index in [2.05, 4.69) is 15.4 Å². The molecule has 0 aliphatic carbocycles. The van der Waals surface area contributed by atoms with Gasteiger partial charge in [0.2, 0.25) is 0 Å². The van der Waals surface area contributed by atoms with Crippen molar-refractivity contribution in [3.8, 4) is 5.75 Å². The monoisotopic (exact) mass is 411 g/mol. The van der Waals surface area contributed by atoms with Gasteiger partial charge >= 0.3 is 6.03 Å². The van der Waals surface area contributed by atoms with Crippen LogP contribution in [0.4, 0.5) is 21.9 Å². The van der Waals surface area contributed by atoms with Crippen molar-refractivity contribution in [2.24, 2.45) is 0 Å². The number of nitrogens with one attached hydrogen (secondary N) is 3. The summed E-state index contributed by atoms with van der Waals surface area (Å²) < 4.78 is 32.8. The van der Waals surface area contributed by atoms with E-state index in [4.69, 9.17) is 4.74 Å². The van der Waals surface area contributed by atoms with E-state index in [0.29, 0.717) is 22.8 Å². The Labute approximate surface area is 169 Å². The molecule has 29 heavy (non-hydrogen) atoms. The quantitative estimate of drug-likeness (QED) is 0.558. The third-order valence-electron chi connectivity index (χ3n) is 4.14. The molecule has 0 aromatic heterocycles. The number of methoxy groups -OCH3 is 1. The zero-order valence-electron chi connectivity index (χ0n) is 16.0. The number of sulfonamides is 1. The highest BCUT2D eigenvalue weighted by Crippen LogP contribution is 2.21. The van der Waals surface area contributed by atoms with E-state index in [9.17, 15) is 13.2 Å². The van der Waals surface area contributed by atoms with Crippen molar-refractivity contribution in [1.82, 2.24) is 0 Å². The number of hydrogen-bond donors (Lipinski definition) is 3. The van der Waals surface area contributed by atoms with Gasteiger partial charge in [0.15, 0.2) is 0 Å². The summed E-state index contributed by atoms with van der Waals surface area (Å²) in [5, 5.41) is 5.35. The van der Waals surface area contributed by atoms with Gasteiger partial charge in [-0.3, -0.25) is 4.72 Å². The van der Waals surface area contributed by atoms with Gasteiger partial charge < -0.3 is 15.4 Å². The normalized spacial score (nSPS) is 10.8. The topological polar surface area (TPSA) is 96.5 Å². The van der Waals surface area contributed by atoms with Crippen molar-refractivity contribution >= 4 is 33.1 Å². The Kier molecular flexibility index (Phi) is 6.04. The van der Waals surface area contributed by atoms with Crippen molar-refractivity contribution < 1.29 is 17.9 Å². The number of para-hydroxylation sites is 1. The molecule has 3 rings (SSSR count). The van der Waals surface area contributed by atoms with Crippen LogP contribution in [0.15, 0.2) is 77.7 Å². The molecule has 7 nitrogen and oxygen atoms in total. The minimum absolute atomic E-state index is 0.0968. The van der Waals surface area contributed by atoms with Gasteiger partial charge in [0.1, 0.15) is 5.75 Å². The zero-order valence-corrected chi connectivity index (χ0v) is 16.8. The highest BCUT2D eigenvalue weighted by atomic mass is 32.2. The minimum atomic E-state index is -3.73. The molecule has 0 spiro atoms. The van der Waals surface area contributed by atoms with Crippen LogP contribution >= 0.6 is 0 Å². The first-order valence-electron chi connectivity index (χ1n) is 8.78. The second-order valence-electron chi connectivity index (χ2n) is 6.26. The van der Waals surface area contributed by atoms with E-state index >= 15 is 0 Å². The number of rotatable bonds is 6. The van der Waals surface area contributed by atoms with Gasteiger partial charge in [-0.15, -0.1) is 0 Å². The summed E-state index contributed by atoms with van der Waals surface area (Å²) in [4.78, 5) is 12.2. The van der Waals surface area contributed by atoms with Gasteiger partial charge in [0.05, 0.1) is 17.7 Å². The van der Waals surface area contributed by atoms with Gasteiger partial charge in [-0.2, -0.15) is 0 Å². The third kappa shape index (κ3) is 5.26. The van der Waals surface area contributed by atoms with Gasteiger partial charge in [-0.1, -0.05) is 24.3 Å². The molecule has 0 heterocycles. The van der Waals surface area contributed by atoms with E-state index < -0.39 is 16.1 Å². The number of carbonyl (C=O) groups is 1.